The molecule has 0 fully saturated rings. The third-order valence-corrected chi connectivity index (χ3v) is 2.71. The van der Waals surface area contributed by atoms with Gasteiger partial charge in [-0.05, 0) is 25.1 Å². The summed E-state index contributed by atoms with van der Waals surface area (Å²) in [4.78, 5) is 23.8. The van der Waals surface area contributed by atoms with Crippen molar-refractivity contribution in [3.63, 3.8) is 0 Å². The van der Waals surface area contributed by atoms with Crippen molar-refractivity contribution >= 4 is 29.2 Å². The van der Waals surface area contributed by atoms with E-state index in [1.165, 1.54) is 17.4 Å². The van der Waals surface area contributed by atoms with E-state index in [1.54, 1.807) is 6.07 Å². The SMILES string of the molecule is Cc1ccc(C=C(C(=O)O)C(=O)CN)s1. The molecule has 0 saturated heterocycles. The van der Waals surface area contributed by atoms with Crippen molar-refractivity contribution in [2.75, 3.05) is 6.54 Å². The van der Waals surface area contributed by atoms with Crippen LogP contribution in [0.1, 0.15) is 9.75 Å². The summed E-state index contributed by atoms with van der Waals surface area (Å²) >= 11 is 1.43. The largest absolute Gasteiger partial charge is 0.478 e. The van der Waals surface area contributed by atoms with Gasteiger partial charge in [-0.1, -0.05) is 0 Å². The molecule has 0 aliphatic carbocycles. The van der Waals surface area contributed by atoms with Crippen LogP contribution in [0.3, 0.4) is 0 Å². The minimum atomic E-state index is -1.24. The molecule has 0 saturated carbocycles. The number of aliphatic carboxylic acids is 1. The molecule has 0 aromatic carbocycles. The number of ketones is 1. The van der Waals surface area contributed by atoms with Crippen molar-refractivity contribution in [3.8, 4) is 0 Å². The van der Waals surface area contributed by atoms with Gasteiger partial charge in [-0.15, -0.1) is 11.3 Å². The third kappa shape index (κ3) is 3.00. The van der Waals surface area contributed by atoms with Crippen LogP contribution in [0, 0.1) is 6.92 Å². The van der Waals surface area contributed by atoms with E-state index in [1.807, 2.05) is 13.0 Å². The Hall–Kier alpha value is -1.46. The molecule has 3 N–H and O–H groups in total. The molecule has 1 rings (SSSR count). The first-order valence-corrected chi connectivity index (χ1v) is 5.11. The van der Waals surface area contributed by atoms with Gasteiger partial charge in [0.15, 0.2) is 5.78 Å². The number of nitrogens with two attached hydrogens (primary N) is 1. The molecule has 0 spiro atoms. The molecule has 0 aliphatic heterocycles. The lowest BCUT2D eigenvalue weighted by Gasteiger charge is -1.97. The zero-order valence-corrected chi connectivity index (χ0v) is 9.00. The van der Waals surface area contributed by atoms with E-state index in [0.717, 1.165) is 9.75 Å². The van der Waals surface area contributed by atoms with Crippen LogP contribution < -0.4 is 5.73 Å². The van der Waals surface area contributed by atoms with Gasteiger partial charge in [0.05, 0.1) is 6.54 Å². The number of carboxylic acid groups (broad SMARTS) is 1. The average molecular weight is 225 g/mol. The fourth-order valence-corrected chi connectivity index (χ4v) is 1.87. The molecule has 15 heavy (non-hydrogen) atoms. The molecule has 0 bridgehead atoms. The Morgan fingerprint density at radius 2 is 2.20 bits per heavy atom. The smallest absolute Gasteiger partial charge is 0.339 e. The lowest BCUT2D eigenvalue weighted by atomic mass is 10.1. The van der Waals surface area contributed by atoms with Crippen molar-refractivity contribution < 1.29 is 14.7 Å². The van der Waals surface area contributed by atoms with Gasteiger partial charge < -0.3 is 10.8 Å². The Kier molecular flexibility index (Phi) is 3.76. The fraction of sp³-hybridized carbons (Fsp3) is 0.200. The number of carbonyl (C=O) groups excluding carboxylic acids is 1. The molecule has 0 aliphatic rings. The predicted molar refractivity (Wildman–Crippen MR) is 58.7 cm³/mol. The first kappa shape index (κ1) is 11.6. The molecule has 1 aromatic rings. The highest BCUT2D eigenvalue weighted by Gasteiger charge is 2.15. The van der Waals surface area contributed by atoms with Crippen LogP contribution in [0.2, 0.25) is 0 Å². The first-order chi connectivity index (χ1) is 7.04. The van der Waals surface area contributed by atoms with Crippen LogP contribution in [0.5, 0.6) is 0 Å². The number of carboxylic acids is 1. The first-order valence-electron chi connectivity index (χ1n) is 4.29. The number of hydrogen-bond acceptors (Lipinski definition) is 4. The van der Waals surface area contributed by atoms with E-state index in [2.05, 4.69) is 0 Å². The summed E-state index contributed by atoms with van der Waals surface area (Å²) < 4.78 is 0. The number of aryl methyl sites for hydroxylation is 1. The molecule has 5 heteroatoms. The third-order valence-electron chi connectivity index (χ3n) is 1.76. The van der Waals surface area contributed by atoms with Crippen molar-refractivity contribution in [3.05, 3.63) is 27.5 Å². The van der Waals surface area contributed by atoms with Gasteiger partial charge in [-0.2, -0.15) is 0 Å². The summed E-state index contributed by atoms with van der Waals surface area (Å²) in [5, 5.41) is 8.80. The minimum absolute atomic E-state index is 0.264. The Balaban J connectivity index is 3.04. The molecule has 0 radical (unpaired) electrons. The Bertz CT molecular complexity index is 420. The molecule has 4 nitrogen and oxygen atoms in total. The summed E-state index contributed by atoms with van der Waals surface area (Å²) in [6, 6.07) is 3.63. The van der Waals surface area contributed by atoms with Crippen LogP contribution in [0.15, 0.2) is 17.7 Å². The summed E-state index contributed by atoms with van der Waals surface area (Å²) in [5.41, 5.74) is 4.85. The zero-order valence-electron chi connectivity index (χ0n) is 8.19. The zero-order chi connectivity index (χ0) is 11.4. The summed E-state index contributed by atoms with van der Waals surface area (Å²) in [6.07, 6.45) is 1.36. The quantitative estimate of drug-likeness (QED) is 0.456. The molecule has 0 unspecified atom stereocenters. The van der Waals surface area contributed by atoms with Gasteiger partial charge in [0, 0.05) is 9.75 Å². The Morgan fingerprint density at radius 3 is 2.60 bits per heavy atom. The topological polar surface area (TPSA) is 80.4 Å². The Morgan fingerprint density at radius 1 is 1.53 bits per heavy atom. The van der Waals surface area contributed by atoms with Gasteiger partial charge in [-0.25, -0.2) is 4.79 Å². The second-order valence-corrected chi connectivity index (χ2v) is 4.26. The lowest BCUT2D eigenvalue weighted by molar-refractivity contribution is -0.134. The molecule has 80 valence electrons. The molecular formula is C10H11NO3S. The van der Waals surface area contributed by atoms with Gasteiger partial charge in [-0.3, -0.25) is 4.79 Å². The monoisotopic (exact) mass is 225 g/mol. The van der Waals surface area contributed by atoms with Gasteiger partial charge in [0.2, 0.25) is 0 Å². The van der Waals surface area contributed by atoms with E-state index < -0.39 is 11.8 Å². The normalized spacial score (nSPS) is 11.5. The van der Waals surface area contributed by atoms with E-state index in [0.29, 0.717) is 0 Å². The number of Topliss-reactive ketones (excluding diaryl/α,β-unsaturated/α-hetero) is 1. The van der Waals surface area contributed by atoms with E-state index in [-0.39, 0.29) is 12.1 Å². The highest BCUT2D eigenvalue weighted by atomic mass is 32.1. The summed E-state index contributed by atoms with van der Waals surface area (Å²) in [5.74, 6) is -1.80. The van der Waals surface area contributed by atoms with Gasteiger partial charge in [0.1, 0.15) is 5.57 Å². The summed E-state index contributed by atoms with van der Waals surface area (Å²) in [6.45, 7) is 1.62. The van der Waals surface area contributed by atoms with Crippen molar-refractivity contribution in [2.45, 2.75) is 6.92 Å². The number of hydrogen-bond donors (Lipinski definition) is 2. The second kappa shape index (κ2) is 4.86. The van der Waals surface area contributed by atoms with Crippen LogP contribution in [0.4, 0.5) is 0 Å². The predicted octanol–water partition coefficient (Wildman–Crippen LogP) is 1.05. The van der Waals surface area contributed by atoms with Crippen molar-refractivity contribution in [1.82, 2.24) is 0 Å². The number of carbonyl (C=O) groups is 2. The molecule has 0 amide bonds. The second-order valence-electron chi connectivity index (χ2n) is 2.94. The number of rotatable bonds is 4. The van der Waals surface area contributed by atoms with Crippen molar-refractivity contribution in [2.24, 2.45) is 5.73 Å². The van der Waals surface area contributed by atoms with E-state index in [9.17, 15) is 9.59 Å². The van der Waals surface area contributed by atoms with Gasteiger partial charge >= 0.3 is 5.97 Å². The lowest BCUT2D eigenvalue weighted by Crippen LogP contribution is -2.20. The van der Waals surface area contributed by atoms with E-state index in [4.69, 9.17) is 10.8 Å². The number of thiophene rings is 1. The minimum Gasteiger partial charge on any atom is -0.478 e. The Labute approximate surface area is 91.0 Å². The van der Waals surface area contributed by atoms with Crippen LogP contribution in [0.25, 0.3) is 6.08 Å². The molecule has 1 aromatic heterocycles. The highest BCUT2D eigenvalue weighted by molar-refractivity contribution is 7.12. The maximum atomic E-state index is 11.2. The van der Waals surface area contributed by atoms with Gasteiger partial charge in [0.25, 0.3) is 0 Å². The maximum absolute atomic E-state index is 11.2. The van der Waals surface area contributed by atoms with Crippen LogP contribution >= 0.6 is 11.3 Å². The van der Waals surface area contributed by atoms with E-state index >= 15 is 0 Å². The molecular weight excluding hydrogens is 214 g/mol. The molecule has 1 heterocycles. The molecule has 0 atom stereocenters. The average Bonchev–Trinajstić information content (AvgIpc) is 2.59. The van der Waals surface area contributed by atoms with Crippen LogP contribution in [-0.2, 0) is 9.59 Å². The summed E-state index contributed by atoms with van der Waals surface area (Å²) in [7, 11) is 0. The highest BCUT2D eigenvalue weighted by Crippen LogP contribution is 2.18. The fourth-order valence-electron chi connectivity index (χ4n) is 1.04. The van der Waals surface area contributed by atoms with Crippen molar-refractivity contribution in [1.29, 1.82) is 0 Å². The standard InChI is InChI=1S/C10H11NO3S/c1-6-2-3-7(15-6)4-8(10(13)14)9(12)5-11/h2-4H,5,11H2,1H3,(H,13,14). The van der Waals surface area contributed by atoms with Crippen LogP contribution in [-0.4, -0.2) is 23.4 Å². The maximum Gasteiger partial charge on any atom is 0.339 e.